The third-order valence-corrected chi connectivity index (χ3v) is 5.42. The van der Waals surface area contributed by atoms with Crippen LogP contribution in [0.1, 0.15) is 25.0 Å². The molecular weight excluding hydrogens is 397 g/mol. The number of carbonyl (C=O) groups is 2. The predicted octanol–water partition coefficient (Wildman–Crippen LogP) is 2.39. The first-order valence-corrected chi connectivity index (χ1v) is 10.3. The van der Waals surface area contributed by atoms with Gasteiger partial charge in [0.2, 0.25) is 11.8 Å². The van der Waals surface area contributed by atoms with E-state index in [1.807, 2.05) is 31.0 Å². The first-order valence-electron chi connectivity index (χ1n) is 10.3. The maximum atomic E-state index is 13.6. The molecule has 3 aromatic rings. The monoisotopic (exact) mass is 425 g/mol. The van der Waals surface area contributed by atoms with Crippen LogP contribution in [0.5, 0.6) is 0 Å². The molecule has 3 rings (SSSR count). The zero-order valence-electron chi connectivity index (χ0n) is 18.0. The largest absolute Gasteiger partial charge is 0.350 e. The summed E-state index contributed by atoms with van der Waals surface area (Å²) in [4.78, 5) is 34.9. The van der Waals surface area contributed by atoms with Gasteiger partial charge in [-0.05, 0) is 55.9 Å². The minimum absolute atomic E-state index is 0.187. The molecule has 1 aromatic carbocycles. The Balaban J connectivity index is 1.71. The molecule has 1 unspecified atom stereocenters. The summed E-state index contributed by atoms with van der Waals surface area (Å²) in [7, 11) is 1.84. The van der Waals surface area contributed by atoms with E-state index in [4.69, 9.17) is 0 Å². The average Bonchev–Trinajstić information content (AvgIpc) is 3.23. The number of fused-ring (bicyclic) bond motifs is 1. The standard InChI is InChI=1S/C23H28FN5O2/c1-4-29(3)15(2)22(30)28-20(12-16-6-5-7-19(24)11-16)23(31)27-14-17-10-18-8-9-25-21(18)26-13-17/h5-11,13,15,20H,4,12,14H2,1-3H3,(H,25,26)(H,27,31)(H,28,30)/t15?,20-/m0/s1. The first-order chi connectivity index (χ1) is 14.9. The van der Waals surface area contributed by atoms with Gasteiger partial charge in [0.05, 0.1) is 6.04 Å². The minimum Gasteiger partial charge on any atom is -0.350 e. The summed E-state index contributed by atoms with van der Waals surface area (Å²) in [6.45, 7) is 4.71. The molecule has 2 atom stereocenters. The van der Waals surface area contributed by atoms with Gasteiger partial charge in [-0.2, -0.15) is 0 Å². The number of nitrogens with zero attached hydrogens (tertiary/aromatic N) is 2. The smallest absolute Gasteiger partial charge is 0.243 e. The van der Waals surface area contributed by atoms with Crippen molar-refractivity contribution in [2.45, 2.75) is 38.9 Å². The highest BCUT2D eigenvalue weighted by atomic mass is 19.1. The van der Waals surface area contributed by atoms with E-state index >= 15 is 0 Å². The van der Waals surface area contributed by atoms with E-state index in [9.17, 15) is 14.0 Å². The summed E-state index contributed by atoms with van der Waals surface area (Å²) in [6, 6.07) is 8.67. The molecule has 2 aromatic heterocycles. The van der Waals surface area contributed by atoms with Crippen molar-refractivity contribution in [3.8, 4) is 0 Å². The van der Waals surface area contributed by atoms with E-state index in [0.29, 0.717) is 12.1 Å². The number of likely N-dealkylation sites (N-methyl/N-ethyl adjacent to an activating group) is 1. The average molecular weight is 426 g/mol. The lowest BCUT2D eigenvalue weighted by molar-refractivity contribution is -0.131. The molecule has 0 spiro atoms. The summed E-state index contributed by atoms with van der Waals surface area (Å²) in [5, 5.41) is 6.64. The second kappa shape index (κ2) is 10.2. The number of halogens is 1. The fourth-order valence-electron chi connectivity index (χ4n) is 3.27. The van der Waals surface area contributed by atoms with E-state index in [1.54, 1.807) is 31.5 Å². The van der Waals surface area contributed by atoms with Crippen molar-refractivity contribution >= 4 is 22.8 Å². The summed E-state index contributed by atoms with van der Waals surface area (Å²) in [5.74, 6) is -0.970. The van der Waals surface area contributed by atoms with Crippen LogP contribution in [0.2, 0.25) is 0 Å². The molecule has 8 heteroatoms. The number of hydrogen-bond donors (Lipinski definition) is 3. The number of amides is 2. The number of benzene rings is 1. The van der Waals surface area contributed by atoms with Crippen LogP contribution in [0.25, 0.3) is 11.0 Å². The molecule has 164 valence electrons. The van der Waals surface area contributed by atoms with Gasteiger partial charge >= 0.3 is 0 Å². The molecule has 2 heterocycles. The number of hydrogen-bond acceptors (Lipinski definition) is 4. The molecule has 0 saturated heterocycles. The number of nitrogens with one attached hydrogen (secondary N) is 3. The summed E-state index contributed by atoms with van der Waals surface area (Å²) < 4.78 is 13.6. The van der Waals surface area contributed by atoms with Gasteiger partial charge < -0.3 is 15.6 Å². The van der Waals surface area contributed by atoms with Crippen molar-refractivity contribution in [2.75, 3.05) is 13.6 Å². The second-order valence-corrected chi connectivity index (χ2v) is 7.62. The van der Waals surface area contributed by atoms with Crippen LogP contribution in [-0.4, -0.2) is 52.4 Å². The molecule has 0 aliphatic rings. The van der Waals surface area contributed by atoms with E-state index in [-0.39, 0.29) is 30.6 Å². The fraction of sp³-hybridized carbons (Fsp3) is 0.348. The Morgan fingerprint density at radius 1 is 1.19 bits per heavy atom. The second-order valence-electron chi connectivity index (χ2n) is 7.62. The highest BCUT2D eigenvalue weighted by molar-refractivity contribution is 5.89. The van der Waals surface area contributed by atoms with Crippen molar-refractivity contribution in [1.82, 2.24) is 25.5 Å². The quantitative estimate of drug-likeness (QED) is 0.491. The Hall–Kier alpha value is -3.26. The maximum Gasteiger partial charge on any atom is 0.243 e. The number of H-pyrrole nitrogens is 1. The van der Waals surface area contributed by atoms with Crippen LogP contribution in [-0.2, 0) is 22.6 Å². The van der Waals surface area contributed by atoms with E-state index in [0.717, 1.165) is 16.6 Å². The predicted molar refractivity (Wildman–Crippen MR) is 118 cm³/mol. The van der Waals surface area contributed by atoms with Crippen LogP contribution in [0.15, 0.2) is 48.8 Å². The Morgan fingerprint density at radius 3 is 2.74 bits per heavy atom. The third-order valence-electron chi connectivity index (χ3n) is 5.42. The Labute approximate surface area is 181 Å². The Kier molecular flexibility index (Phi) is 7.36. The Bertz CT molecular complexity index is 1050. The van der Waals surface area contributed by atoms with Crippen LogP contribution in [0, 0.1) is 5.82 Å². The topological polar surface area (TPSA) is 90.1 Å². The molecule has 31 heavy (non-hydrogen) atoms. The maximum absolute atomic E-state index is 13.6. The van der Waals surface area contributed by atoms with Gasteiger partial charge in [-0.25, -0.2) is 9.37 Å². The minimum atomic E-state index is -0.828. The molecule has 7 nitrogen and oxygen atoms in total. The van der Waals surface area contributed by atoms with Crippen LogP contribution in [0.4, 0.5) is 4.39 Å². The van der Waals surface area contributed by atoms with E-state index in [2.05, 4.69) is 20.6 Å². The van der Waals surface area contributed by atoms with Gasteiger partial charge in [0.25, 0.3) is 0 Å². The fourth-order valence-corrected chi connectivity index (χ4v) is 3.27. The van der Waals surface area contributed by atoms with Gasteiger partial charge in [0.15, 0.2) is 0 Å². The lowest BCUT2D eigenvalue weighted by atomic mass is 10.0. The molecule has 0 bridgehead atoms. The molecule has 0 aliphatic heterocycles. The first kappa shape index (κ1) is 22.4. The van der Waals surface area contributed by atoms with E-state index < -0.39 is 12.1 Å². The number of aromatic amines is 1. The molecule has 3 N–H and O–H groups in total. The molecule has 0 fully saturated rings. The molecular formula is C23H28FN5O2. The number of carbonyl (C=O) groups excluding carboxylic acids is 2. The summed E-state index contributed by atoms with van der Waals surface area (Å²) in [5.41, 5.74) is 2.25. The van der Waals surface area contributed by atoms with Crippen LogP contribution >= 0.6 is 0 Å². The normalized spacial score (nSPS) is 13.2. The summed E-state index contributed by atoms with van der Waals surface area (Å²) in [6.07, 6.45) is 3.68. The molecule has 2 amide bonds. The highest BCUT2D eigenvalue weighted by Gasteiger charge is 2.25. The van der Waals surface area contributed by atoms with Gasteiger partial charge in [0, 0.05) is 30.7 Å². The number of aromatic nitrogens is 2. The van der Waals surface area contributed by atoms with Gasteiger partial charge in [-0.3, -0.25) is 14.5 Å². The highest BCUT2D eigenvalue weighted by Crippen LogP contribution is 2.12. The summed E-state index contributed by atoms with van der Waals surface area (Å²) >= 11 is 0. The van der Waals surface area contributed by atoms with Crippen molar-refractivity contribution in [2.24, 2.45) is 0 Å². The zero-order chi connectivity index (χ0) is 22.4. The third kappa shape index (κ3) is 5.88. The Morgan fingerprint density at radius 2 is 2.00 bits per heavy atom. The van der Waals surface area contributed by atoms with Gasteiger partial charge in [-0.15, -0.1) is 0 Å². The van der Waals surface area contributed by atoms with Crippen molar-refractivity contribution < 1.29 is 14.0 Å². The molecule has 0 saturated carbocycles. The number of pyridine rings is 1. The van der Waals surface area contributed by atoms with E-state index in [1.165, 1.54) is 12.1 Å². The lowest BCUT2D eigenvalue weighted by Crippen LogP contribution is -2.53. The van der Waals surface area contributed by atoms with Gasteiger partial charge in [0.1, 0.15) is 17.5 Å². The van der Waals surface area contributed by atoms with Crippen LogP contribution < -0.4 is 10.6 Å². The lowest BCUT2D eigenvalue weighted by Gasteiger charge is -2.25. The van der Waals surface area contributed by atoms with Crippen molar-refractivity contribution in [1.29, 1.82) is 0 Å². The molecule has 0 aliphatic carbocycles. The van der Waals surface area contributed by atoms with Crippen molar-refractivity contribution in [3.63, 3.8) is 0 Å². The zero-order valence-corrected chi connectivity index (χ0v) is 18.0. The van der Waals surface area contributed by atoms with Gasteiger partial charge in [-0.1, -0.05) is 19.1 Å². The SMILES string of the molecule is CCN(C)C(C)C(=O)N[C@@H](Cc1cccc(F)c1)C(=O)NCc1cnc2[nH]ccc2c1. The van der Waals surface area contributed by atoms with Crippen LogP contribution in [0.3, 0.4) is 0 Å². The van der Waals surface area contributed by atoms with Crippen molar-refractivity contribution in [3.05, 3.63) is 65.7 Å². The molecule has 0 radical (unpaired) electrons. The number of rotatable bonds is 9.